The third kappa shape index (κ3) is 3.87. The normalized spacial score (nSPS) is 25.3. The number of nitrogens with one attached hydrogen (secondary N) is 1. The van der Waals surface area contributed by atoms with E-state index in [2.05, 4.69) is 18.5 Å². The van der Waals surface area contributed by atoms with Crippen LogP contribution in [0.15, 0.2) is 18.2 Å². The summed E-state index contributed by atoms with van der Waals surface area (Å²) >= 11 is 7.80. The summed E-state index contributed by atoms with van der Waals surface area (Å²) in [5, 5.41) is 4.57. The van der Waals surface area contributed by atoms with E-state index in [0.29, 0.717) is 11.3 Å². The van der Waals surface area contributed by atoms with E-state index < -0.39 is 0 Å². The molecule has 1 aliphatic carbocycles. The van der Waals surface area contributed by atoms with Crippen molar-refractivity contribution in [2.75, 3.05) is 6.26 Å². The first-order valence-electron chi connectivity index (χ1n) is 6.85. The summed E-state index contributed by atoms with van der Waals surface area (Å²) in [5.74, 6) is -0.350. The molecule has 0 radical (unpaired) electrons. The molecule has 1 fully saturated rings. The molecule has 0 saturated heterocycles. The molecule has 106 valence electrons. The molecule has 4 heteroatoms. The average molecular weight is 302 g/mol. The maximum absolute atomic E-state index is 13.2. The standard InChI is InChI=1S/C15H21ClFNS/c1-10(11-7-8-13(17)12(16)9-11)18-14-5-3-4-6-15(14)19-2/h7-10,14-15,18H,3-6H2,1-2H3. The van der Waals surface area contributed by atoms with E-state index >= 15 is 0 Å². The quantitative estimate of drug-likeness (QED) is 0.857. The van der Waals surface area contributed by atoms with Gasteiger partial charge in [0.1, 0.15) is 5.82 Å². The third-order valence-corrected chi connectivity index (χ3v) is 5.37. The van der Waals surface area contributed by atoms with Crippen LogP contribution in [0, 0.1) is 5.82 Å². The number of benzene rings is 1. The van der Waals surface area contributed by atoms with Crippen LogP contribution in [0.25, 0.3) is 0 Å². The first-order valence-corrected chi connectivity index (χ1v) is 8.52. The number of hydrogen-bond acceptors (Lipinski definition) is 2. The fourth-order valence-electron chi connectivity index (χ4n) is 2.77. The van der Waals surface area contributed by atoms with Crippen LogP contribution >= 0.6 is 23.4 Å². The maximum atomic E-state index is 13.2. The first kappa shape index (κ1) is 15.1. The molecule has 1 saturated carbocycles. The number of thioether (sulfide) groups is 1. The molecule has 19 heavy (non-hydrogen) atoms. The lowest BCUT2D eigenvalue weighted by atomic mass is 9.93. The second-order valence-electron chi connectivity index (χ2n) is 5.23. The molecule has 0 spiro atoms. The Morgan fingerprint density at radius 2 is 2.11 bits per heavy atom. The molecule has 1 N–H and O–H groups in total. The lowest BCUT2D eigenvalue weighted by molar-refractivity contribution is 0.356. The molecule has 0 amide bonds. The topological polar surface area (TPSA) is 12.0 Å². The van der Waals surface area contributed by atoms with E-state index in [1.165, 1.54) is 31.7 Å². The maximum Gasteiger partial charge on any atom is 0.141 e. The second kappa shape index (κ2) is 6.96. The third-order valence-electron chi connectivity index (χ3n) is 3.91. The van der Waals surface area contributed by atoms with Crippen LogP contribution in [0.4, 0.5) is 4.39 Å². The van der Waals surface area contributed by atoms with Crippen molar-refractivity contribution in [3.8, 4) is 0 Å². The largest absolute Gasteiger partial charge is 0.306 e. The monoisotopic (exact) mass is 301 g/mol. The van der Waals surface area contributed by atoms with Crippen LogP contribution in [-0.2, 0) is 0 Å². The van der Waals surface area contributed by atoms with E-state index in [1.807, 2.05) is 17.8 Å². The van der Waals surface area contributed by atoms with Gasteiger partial charge in [-0.05, 0) is 43.7 Å². The Labute approximate surface area is 124 Å². The van der Waals surface area contributed by atoms with Crippen molar-refractivity contribution < 1.29 is 4.39 Å². The van der Waals surface area contributed by atoms with Gasteiger partial charge in [-0.25, -0.2) is 4.39 Å². The Kier molecular flexibility index (Phi) is 5.55. The summed E-state index contributed by atoms with van der Waals surface area (Å²) in [6.07, 6.45) is 7.33. The minimum Gasteiger partial charge on any atom is -0.306 e. The Morgan fingerprint density at radius 3 is 2.79 bits per heavy atom. The SMILES string of the molecule is CSC1CCCCC1NC(C)c1ccc(F)c(Cl)c1. The zero-order chi connectivity index (χ0) is 13.8. The molecule has 2 rings (SSSR count). The van der Waals surface area contributed by atoms with Gasteiger partial charge in [0.05, 0.1) is 5.02 Å². The van der Waals surface area contributed by atoms with Crippen LogP contribution in [0.3, 0.4) is 0 Å². The fraction of sp³-hybridized carbons (Fsp3) is 0.600. The van der Waals surface area contributed by atoms with Crippen LogP contribution in [0.2, 0.25) is 5.02 Å². The minimum atomic E-state index is -0.350. The predicted molar refractivity (Wildman–Crippen MR) is 82.5 cm³/mol. The highest BCUT2D eigenvalue weighted by molar-refractivity contribution is 7.99. The molecule has 0 aromatic heterocycles. The van der Waals surface area contributed by atoms with Gasteiger partial charge in [-0.1, -0.05) is 30.5 Å². The van der Waals surface area contributed by atoms with Gasteiger partial charge < -0.3 is 5.32 Å². The van der Waals surface area contributed by atoms with E-state index in [9.17, 15) is 4.39 Å². The number of halogens is 2. The molecule has 1 aliphatic rings. The van der Waals surface area contributed by atoms with Gasteiger partial charge in [0.25, 0.3) is 0 Å². The van der Waals surface area contributed by atoms with Crippen molar-refractivity contribution in [1.82, 2.24) is 5.32 Å². The summed E-state index contributed by atoms with van der Waals surface area (Å²) in [5.41, 5.74) is 1.05. The lowest BCUT2D eigenvalue weighted by Gasteiger charge is -2.33. The van der Waals surface area contributed by atoms with Crippen LogP contribution in [-0.4, -0.2) is 17.5 Å². The summed E-state index contributed by atoms with van der Waals surface area (Å²) < 4.78 is 13.2. The molecule has 3 unspecified atom stereocenters. The Balaban J connectivity index is 2.02. The molecule has 1 aromatic rings. The molecule has 0 heterocycles. The van der Waals surface area contributed by atoms with Crippen molar-refractivity contribution in [3.63, 3.8) is 0 Å². The van der Waals surface area contributed by atoms with Gasteiger partial charge in [0.2, 0.25) is 0 Å². The van der Waals surface area contributed by atoms with Gasteiger partial charge >= 0.3 is 0 Å². The Hall–Kier alpha value is -0.250. The van der Waals surface area contributed by atoms with E-state index in [0.717, 1.165) is 5.56 Å². The highest BCUT2D eigenvalue weighted by atomic mass is 35.5. The molecule has 0 bridgehead atoms. The number of hydrogen-bond donors (Lipinski definition) is 1. The zero-order valence-corrected chi connectivity index (χ0v) is 13.0. The first-order chi connectivity index (χ1) is 9.11. The van der Waals surface area contributed by atoms with Crippen molar-refractivity contribution in [1.29, 1.82) is 0 Å². The molecule has 1 nitrogen and oxygen atoms in total. The van der Waals surface area contributed by atoms with Crippen molar-refractivity contribution >= 4 is 23.4 Å². The summed E-state index contributed by atoms with van der Waals surface area (Å²) in [7, 11) is 0. The molecule has 3 atom stereocenters. The summed E-state index contributed by atoms with van der Waals surface area (Å²) in [4.78, 5) is 0. The van der Waals surface area contributed by atoms with E-state index in [1.54, 1.807) is 6.07 Å². The van der Waals surface area contributed by atoms with Gasteiger partial charge in [-0.2, -0.15) is 11.8 Å². The van der Waals surface area contributed by atoms with Crippen LogP contribution in [0.5, 0.6) is 0 Å². The smallest absolute Gasteiger partial charge is 0.141 e. The Morgan fingerprint density at radius 1 is 1.37 bits per heavy atom. The van der Waals surface area contributed by atoms with Crippen molar-refractivity contribution in [2.45, 2.75) is 49.9 Å². The van der Waals surface area contributed by atoms with Gasteiger partial charge in [-0.15, -0.1) is 0 Å². The van der Waals surface area contributed by atoms with Crippen LogP contribution < -0.4 is 5.32 Å². The highest BCUT2D eigenvalue weighted by Crippen LogP contribution is 2.29. The van der Waals surface area contributed by atoms with Crippen molar-refractivity contribution in [2.24, 2.45) is 0 Å². The minimum absolute atomic E-state index is 0.204. The summed E-state index contributed by atoms with van der Waals surface area (Å²) in [6.45, 7) is 2.12. The molecular formula is C15H21ClFNS. The van der Waals surface area contributed by atoms with Crippen molar-refractivity contribution in [3.05, 3.63) is 34.6 Å². The van der Waals surface area contributed by atoms with Gasteiger partial charge in [0, 0.05) is 17.3 Å². The zero-order valence-electron chi connectivity index (χ0n) is 11.5. The Bertz CT molecular complexity index is 427. The van der Waals surface area contributed by atoms with E-state index in [4.69, 9.17) is 11.6 Å². The number of rotatable bonds is 4. The van der Waals surface area contributed by atoms with Gasteiger partial charge in [-0.3, -0.25) is 0 Å². The molecule has 1 aromatic carbocycles. The van der Waals surface area contributed by atoms with Crippen LogP contribution in [0.1, 0.15) is 44.2 Å². The molecule has 0 aliphatic heterocycles. The second-order valence-corrected chi connectivity index (χ2v) is 6.71. The predicted octanol–water partition coefficient (Wildman–Crippen LogP) is 4.80. The lowest BCUT2D eigenvalue weighted by Crippen LogP contribution is -2.41. The fourth-order valence-corrected chi connectivity index (χ4v) is 3.90. The van der Waals surface area contributed by atoms with Gasteiger partial charge in [0.15, 0.2) is 0 Å². The average Bonchev–Trinajstić information content (AvgIpc) is 2.42. The highest BCUT2D eigenvalue weighted by Gasteiger charge is 2.25. The van der Waals surface area contributed by atoms with E-state index in [-0.39, 0.29) is 16.9 Å². The molecular weight excluding hydrogens is 281 g/mol. The summed E-state index contributed by atoms with van der Waals surface area (Å²) in [6, 6.07) is 5.74.